The van der Waals surface area contributed by atoms with Crippen LogP contribution in [0.15, 0.2) is 39.6 Å². The van der Waals surface area contributed by atoms with Crippen LogP contribution in [0.5, 0.6) is 0 Å². The molecule has 1 heterocycles. The highest BCUT2D eigenvalue weighted by molar-refractivity contribution is 5.35. The fraction of sp³-hybridized carbons (Fsp3) is 0.250. The van der Waals surface area contributed by atoms with E-state index in [1.165, 1.54) is 11.1 Å². The molecule has 0 unspecified atom stereocenters. The van der Waals surface area contributed by atoms with Crippen molar-refractivity contribution in [3.05, 3.63) is 57.6 Å². The average Bonchev–Trinajstić information content (AvgIpc) is 2.82. The maximum absolute atomic E-state index is 11.0. The Morgan fingerprint density at radius 1 is 1.20 bits per heavy atom. The summed E-state index contributed by atoms with van der Waals surface area (Å²) in [5.74, 6) is 1.09. The molecule has 0 saturated heterocycles. The standard InChI is InChI=1S/C12H11NO2/c14-12-7-11(15-13-12)10-5-8-3-1-2-4-9(8)6-10/h1-4,7,10H,5-6H2,(H,13,14). The van der Waals surface area contributed by atoms with Crippen molar-refractivity contribution in [1.29, 1.82) is 0 Å². The number of nitrogens with one attached hydrogen (secondary N) is 1. The van der Waals surface area contributed by atoms with Crippen LogP contribution in [0, 0.1) is 0 Å². The van der Waals surface area contributed by atoms with Crippen molar-refractivity contribution in [2.45, 2.75) is 18.8 Å². The number of fused-ring (bicyclic) bond motifs is 1. The zero-order valence-electron chi connectivity index (χ0n) is 8.19. The third-order valence-corrected chi connectivity index (χ3v) is 3.00. The Morgan fingerprint density at radius 3 is 2.40 bits per heavy atom. The number of hydrogen-bond donors (Lipinski definition) is 1. The molecule has 0 saturated carbocycles. The number of rotatable bonds is 1. The second-order valence-corrected chi connectivity index (χ2v) is 3.99. The van der Waals surface area contributed by atoms with Gasteiger partial charge >= 0.3 is 0 Å². The van der Waals surface area contributed by atoms with E-state index in [9.17, 15) is 4.79 Å². The molecule has 0 aliphatic heterocycles. The van der Waals surface area contributed by atoms with Crippen LogP contribution < -0.4 is 5.56 Å². The maximum atomic E-state index is 11.0. The van der Waals surface area contributed by atoms with Crippen LogP contribution >= 0.6 is 0 Å². The number of aromatic amines is 1. The monoisotopic (exact) mass is 201 g/mol. The van der Waals surface area contributed by atoms with Gasteiger partial charge in [-0.25, -0.2) is 0 Å². The van der Waals surface area contributed by atoms with Crippen molar-refractivity contribution >= 4 is 0 Å². The summed E-state index contributed by atoms with van der Waals surface area (Å²) in [7, 11) is 0. The molecule has 15 heavy (non-hydrogen) atoms. The van der Waals surface area contributed by atoms with Crippen LogP contribution in [0.4, 0.5) is 0 Å². The molecule has 1 aromatic carbocycles. The van der Waals surface area contributed by atoms with E-state index in [4.69, 9.17) is 4.52 Å². The summed E-state index contributed by atoms with van der Waals surface area (Å²) < 4.78 is 5.14. The second-order valence-electron chi connectivity index (χ2n) is 3.99. The molecule has 0 fully saturated rings. The zero-order valence-corrected chi connectivity index (χ0v) is 8.19. The first-order chi connectivity index (χ1) is 7.33. The van der Waals surface area contributed by atoms with Crippen LogP contribution in [-0.4, -0.2) is 5.16 Å². The maximum Gasteiger partial charge on any atom is 0.280 e. The van der Waals surface area contributed by atoms with Gasteiger partial charge in [0.2, 0.25) is 0 Å². The van der Waals surface area contributed by atoms with E-state index >= 15 is 0 Å². The molecule has 3 nitrogen and oxygen atoms in total. The number of aromatic nitrogens is 1. The minimum Gasteiger partial charge on any atom is -0.383 e. The summed E-state index contributed by atoms with van der Waals surface area (Å²) in [6.45, 7) is 0. The predicted octanol–water partition coefficient (Wildman–Crippen LogP) is 1.85. The van der Waals surface area contributed by atoms with Crippen molar-refractivity contribution < 1.29 is 4.52 Å². The lowest BCUT2D eigenvalue weighted by Gasteiger charge is -2.01. The Morgan fingerprint density at radius 2 is 1.87 bits per heavy atom. The van der Waals surface area contributed by atoms with Gasteiger partial charge in [-0.05, 0) is 24.0 Å². The minimum atomic E-state index is -0.152. The Kier molecular flexibility index (Phi) is 1.78. The van der Waals surface area contributed by atoms with Crippen molar-refractivity contribution in [2.75, 3.05) is 0 Å². The molecule has 76 valence electrons. The van der Waals surface area contributed by atoms with Crippen LogP contribution in [0.2, 0.25) is 0 Å². The van der Waals surface area contributed by atoms with Gasteiger partial charge in [-0.1, -0.05) is 24.3 Å². The van der Waals surface area contributed by atoms with Gasteiger partial charge in [0.05, 0.1) is 0 Å². The van der Waals surface area contributed by atoms with E-state index in [-0.39, 0.29) is 5.56 Å². The number of H-pyrrole nitrogens is 1. The summed E-state index contributed by atoms with van der Waals surface area (Å²) in [5.41, 5.74) is 2.58. The minimum absolute atomic E-state index is 0.152. The molecule has 1 aromatic heterocycles. The molecule has 3 rings (SSSR count). The summed E-state index contributed by atoms with van der Waals surface area (Å²) >= 11 is 0. The van der Waals surface area contributed by atoms with Crippen molar-refractivity contribution in [3.8, 4) is 0 Å². The first kappa shape index (κ1) is 8.53. The highest BCUT2D eigenvalue weighted by Gasteiger charge is 2.25. The normalized spacial score (nSPS) is 15.5. The van der Waals surface area contributed by atoms with E-state index in [1.54, 1.807) is 6.07 Å². The van der Waals surface area contributed by atoms with Gasteiger partial charge in [-0.3, -0.25) is 4.79 Å². The second kappa shape index (κ2) is 3.12. The molecule has 1 aliphatic carbocycles. The number of hydrogen-bond acceptors (Lipinski definition) is 2. The SMILES string of the molecule is O=c1cc(C2Cc3ccccc3C2)o[nH]1. The van der Waals surface area contributed by atoms with E-state index in [1.807, 2.05) is 0 Å². The molecule has 0 amide bonds. The lowest BCUT2D eigenvalue weighted by atomic mass is 10.0. The number of benzene rings is 1. The molecule has 1 aliphatic rings. The topological polar surface area (TPSA) is 46.0 Å². The van der Waals surface area contributed by atoms with Crippen molar-refractivity contribution in [1.82, 2.24) is 5.16 Å². The molecule has 2 aromatic rings. The Labute approximate surface area is 86.7 Å². The highest BCUT2D eigenvalue weighted by atomic mass is 16.5. The van der Waals surface area contributed by atoms with Gasteiger partial charge < -0.3 is 4.52 Å². The molecule has 0 atom stereocenters. The Balaban J connectivity index is 1.93. The molecular formula is C12H11NO2. The average molecular weight is 201 g/mol. The van der Waals surface area contributed by atoms with E-state index < -0.39 is 0 Å². The lowest BCUT2D eigenvalue weighted by Crippen LogP contribution is -1.97. The molecular weight excluding hydrogens is 190 g/mol. The largest absolute Gasteiger partial charge is 0.383 e. The highest BCUT2D eigenvalue weighted by Crippen LogP contribution is 2.32. The van der Waals surface area contributed by atoms with Crippen LogP contribution in [0.1, 0.15) is 22.8 Å². The molecule has 0 spiro atoms. The lowest BCUT2D eigenvalue weighted by molar-refractivity contribution is 0.358. The van der Waals surface area contributed by atoms with Gasteiger partial charge in [0, 0.05) is 12.0 Å². The van der Waals surface area contributed by atoms with E-state index in [2.05, 4.69) is 29.4 Å². The van der Waals surface area contributed by atoms with Crippen molar-refractivity contribution in [2.24, 2.45) is 0 Å². The van der Waals surface area contributed by atoms with Gasteiger partial charge in [0.15, 0.2) is 0 Å². The van der Waals surface area contributed by atoms with Gasteiger partial charge in [-0.15, -0.1) is 0 Å². The first-order valence-electron chi connectivity index (χ1n) is 5.08. The molecule has 0 radical (unpaired) electrons. The quantitative estimate of drug-likeness (QED) is 0.765. The first-order valence-corrected chi connectivity index (χ1v) is 5.08. The molecule has 1 N–H and O–H groups in total. The predicted molar refractivity (Wildman–Crippen MR) is 55.9 cm³/mol. The summed E-state index contributed by atoms with van der Waals surface area (Å²) in [6.07, 6.45) is 1.94. The Hall–Kier alpha value is -1.77. The van der Waals surface area contributed by atoms with E-state index in [0.717, 1.165) is 18.6 Å². The van der Waals surface area contributed by atoms with Gasteiger partial charge in [-0.2, -0.15) is 5.16 Å². The van der Waals surface area contributed by atoms with Crippen LogP contribution in [0.3, 0.4) is 0 Å². The zero-order chi connectivity index (χ0) is 10.3. The fourth-order valence-electron chi connectivity index (χ4n) is 2.26. The summed E-state index contributed by atoms with van der Waals surface area (Å²) in [5, 5.41) is 2.34. The van der Waals surface area contributed by atoms with Gasteiger partial charge in [0.25, 0.3) is 5.56 Å². The van der Waals surface area contributed by atoms with E-state index in [0.29, 0.717) is 5.92 Å². The summed E-state index contributed by atoms with van der Waals surface area (Å²) in [4.78, 5) is 11.0. The molecule has 0 bridgehead atoms. The van der Waals surface area contributed by atoms with Crippen molar-refractivity contribution in [3.63, 3.8) is 0 Å². The van der Waals surface area contributed by atoms with Crippen LogP contribution in [0.25, 0.3) is 0 Å². The fourth-order valence-corrected chi connectivity index (χ4v) is 2.26. The smallest absolute Gasteiger partial charge is 0.280 e. The van der Waals surface area contributed by atoms with Crippen LogP contribution in [-0.2, 0) is 12.8 Å². The third-order valence-electron chi connectivity index (χ3n) is 3.00. The molecule has 3 heteroatoms. The third kappa shape index (κ3) is 1.40. The summed E-state index contributed by atoms with van der Waals surface area (Å²) in [6, 6.07) is 9.93. The Bertz CT molecular complexity index is 513. The van der Waals surface area contributed by atoms with Gasteiger partial charge in [0.1, 0.15) is 5.76 Å².